The standard InChI is InChI=1S/C20H34N4O8/c1-5-11(4)17(20(32)22-12(9-25)8-15(28)29)24-18(30)13(6-7-14(26)27)23-19(31)16(21)10(2)3/h9-13,16-17H,5-8,21H2,1-4H3,(H,22,32)(H,23,31)(H,24,30)(H,26,27)(H,28,29)/t11-,12-,13-,16-,17-/m0/s1. The van der Waals surface area contributed by atoms with Crippen LogP contribution in [0.5, 0.6) is 0 Å². The third kappa shape index (κ3) is 10.3. The molecule has 5 atom stereocenters. The number of carboxylic acid groups (broad SMARTS) is 2. The zero-order valence-electron chi connectivity index (χ0n) is 18.8. The summed E-state index contributed by atoms with van der Waals surface area (Å²) in [5.74, 6) is -5.31. The molecular formula is C20H34N4O8. The summed E-state index contributed by atoms with van der Waals surface area (Å²) in [6, 6.07) is -4.61. The lowest BCUT2D eigenvalue weighted by Crippen LogP contribution is -2.58. The summed E-state index contributed by atoms with van der Waals surface area (Å²) in [5.41, 5.74) is 5.79. The van der Waals surface area contributed by atoms with Crippen LogP contribution in [0.1, 0.15) is 53.4 Å². The van der Waals surface area contributed by atoms with Crippen LogP contribution in [0.25, 0.3) is 0 Å². The van der Waals surface area contributed by atoms with Gasteiger partial charge in [0.25, 0.3) is 0 Å². The minimum absolute atomic E-state index is 0.230. The monoisotopic (exact) mass is 458 g/mol. The maximum atomic E-state index is 12.8. The molecule has 3 amide bonds. The molecule has 0 heterocycles. The molecule has 182 valence electrons. The van der Waals surface area contributed by atoms with E-state index in [1.165, 1.54) is 0 Å². The van der Waals surface area contributed by atoms with E-state index in [2.05, 4.69) is 16.0 Å². The Morgan fingerprint density at radius 2 is 1.50 bits per heavy atom. The van der Waals surface area contributed by atoms with Gasteiger partial charge in [-0.15, -0.1) is 0 Å². The Labute approximate surface area is 186 Å². The lowest BCUT2D eigenvalue weighted by atomic mass is 9.97. The Balaban J connectivity index is 5.55. The SMILES string of the molecule is CC[C@H](C)[C@H](NC(=O)[C@H](CCC(=O)O)NC(=O)[C@@H](N)C(C)C)C(=O)N[C@H](C=O)CC(=O)O. The van der Waals surface area contributed by atoms with E-state index in [4.69, 9.17) is 15.9 Å². The molecule has 12 heteroatoms. The average molecular weight is 459 g/mol. The van der Waals surface area contributed by atoms with Crippen LogP contribution in [0, 0.1) is 11.8 Å². The fourth-order valence-electron chi connectivity index (χ4n) is 2.66. The summed E-state index contributed by atoms with van der Waals surface area (Å²) in [5, 5.41) is 25.0. The quantitative estimate of drug-likeness (QED) is 0.166. The van der Waals surface area contributed by atoms with E-state index < -0.39 is 72.6 Å². The Kier molecular flexibility index (Phi) is 12.8. The van der Waals surface area contributed by atoms with Crippen LogP contribution in [0.15, 0.2) is 0 Å². The van der Waals surface area contributed by atoms with Gasteiger partial charge in [0.05, 0.1) is 18.5 Å². The first kappa shape index (κ1) is 29.0. The number of carbonyl (C=O) groups is 6. The predicted molar refractivity (Wildman–Crippen MR) is 113 cm³/mol. The molecule has 0 aliphatic rings. The van der Waals surface area contributed by atoms with Gasteiger partial charge in [-0.1, -0.05) is 34.1 Å². The van der Waals surface area contributed by atoms with Gasteiger partial charge in [-0.3, -0.25) is 24.0 Å². The van der Waals surface area contributed by atoms with Crippen molar-refractivity contribution in [1.82, 2.24) is 16.0 Å². The lowest BCUT2D eigenvalue weighted by Gasteiger charge is -2.28. The number of aldehydes is 1. The van der Waals surface area contributed by atoms with Crippen molar-refractivity contribution < 1.29 is 39.0 Å². The fraction of sp³-hybridized carbons (Fsp3) is 0.700. The first-order chi connectivity index (χ1) is 14.8. The van der Waals surface area contributed by atoms with Gasteiger partial charge in [-0.05, 0) is 18.3 Å². The molecule has 12 nitrogen and oxygen atoms in total. The third-order valence-electron chi connectivity index (χ3n) is 4.98. The van der Waals surface area contributed by atoms with E-state index in [0.29, 0.717) is 6.42 Å². The molecule has 0 saturated heterocycles. The van der Waals surface area contributed by atoms with Crippen molar-refractivity contribution in [3.8, 4) is 0 Å². The molecule has 0 aromatic rings. The number of nitrogens with two attached hydrogens (primary N) is 1. The minimum Gasteiger partial charge on any atom is -0.481 e. The second-order valence-electron chi connectivity index (χ2n) is 7.98. The number of carboxylic acids is 2. The molecule has 0 unspecified atom stereocenters. The molecule has 0 spiro atoms. The van der Waals surface area contributed by atoms with Crippen molar-refractivity contribution in [2.75, 3.05) is 0 Å². The summed E-state index contributed by atoms with van der Waals surface area (Å²) in [6.45, 7) is 6.84. The van der Waals surface area contributed by atoms with Gasteiger partial charge in [0.15, 0.2) is 0 Å². The molecule has 0 bridgehead atoms. The number of rotatable bonds is 15. The normalized spacial score (nSPS) is 15.6. The molecule has 0 aromatic heterocycles. The highest BCUT2D eigenvalue weighted by atomic mass is 16.4. The van der Waals surface area contributed by atoms with Gasteiger partial charge in [0.2, 0.25) is 17.7 Å². The van der Waals surface area contributed by atoms with E-state index in [9.17, 15) is 28.8 Å². The van der Waals surface area contributed by atoms with Gasteiger partial charge >= 0.3 is 11.9 Å². The van der Waals surface area contributed by atoms with Gasteiger partial charge in [0, 0.05) is 6.42 Å². The number of hydrogen-bond donors (Lipinski definition) is 6. The second kappa shape index (κ2) is 14.1. The largest absolute Gasteiger partial charge is 0.481 e. The molecule has 0 fully saturated rings. The molecule has 0 rings (SSSR count). The van der Waals surface area contributed by atoms with Crippen LogP contribution < -0.4 is 21.7 Å². The molecule has 32 heavy (non-hydrogen) atoms. The number of hydrogen-bond acceptors (Lipinski definition) is 7. The number of nitrogens with one attached hydrogen (secondary N) is 3. The van der Waals surface area contributed by atoms with Crippen LogP contribution in [0.4, 0.5) is 0 Å². The van der Waals surface area contributed by atoms with Gasteiger partial charge in [-0.2, -0.15) is 0 Å². The van der Waals surface area contributed by atoms with Crippen LogP contribution in [-0.4, -0.2) is 70.3 Å². The van der Waals surface area contributed by atoms with E-state index in [1.807, 2.05) is 0 Å². The summed E-state index contributed by atoms with van der Waals surface area (Å²) < 4.78 is 0. The smallest absolute Gasteiger partial charge is 0.305 e. The highest BCUT2D eigenvalue weighted by Gasteiger charge is 2.32. The summed E-state index contributed by atoms with van der Waals surface area (Å²) in [6.07, 6.45) is -0.539. The predicted octanol–water partition coefficient (Wildman–Crippen LogP) is -0.991. The van der Waals surface area contributed by atoms with Crippen molar-refractivity contribution in [2.45, 2.75) is 77.5 Å². The maximum absolute atomic E-state index is 12.8. The molecule has 0 saturated carbocycles. The Morgan fingerprint density at radius 3 is 1.94 bits per heavy atom. The highest BCUT2D eigenvalue weighted by Crippen LogP contribution is 2.10. The van der Waals surface area contributed by atoms with Crippen molar-refractivity contribution in [3.63, 3.8) is 0 Å². The van der Waals surface area contributed by atoms with Gasteiger partial charge < -0.3 is 36.7 Å². The molecule has 0 aromatic carbocycles. The van der Waals surface area contributed by atoms with Crippen molar-refractivity contribution in [3.05, 3.63) is 0 Å². The van der Waals surface area contributed by atoms with E-state index in [0.717, 1.165) is 0 Å². The Hall–Kier alpha value is -3.02. The first-order valence-electron chi connectivity index (χ1n) is 10.4. The van der Waals surface area contributed by atoms with Crippen LogP contribution in [0.3, 0.4) is 0 Å². The zero-order valence-corrected chi connectivity index (χ0v) is 18.8. The Bertz CT molecular complexity index is 697. The lowest BCUT2D eigenvalue weighted by molar-refractivity contribution is -0.140. The Morgan fingerprint density at radius 1 is 0.906 bits per heavy atom. The minimum atomic E-state index is -1.29. The van der Waals surface area contributed by atoms with Crippen LogP contribution in [-0.2, 0) is 28.8 Å². The third-order valence-corrected chi connectivity index (χ3v) is 4.98. The first-order valence-corrected chi connectivity index (χ1v) is 10.4. The van der Waals surface area contributed by atoms with Crippen molar-refractivity contribution in [2.24, 2.45) is 17.6 Å². The summed E-state index contributed by atoms with van der Waals surface area (Å²) >= 11 is 0. The average Bonchev–Trinajstić information content (AvgIpc) is 2.71. The summed E-state index contributed by atoms with van der Waals surface area (Å²) in [7, 11) is 0. The van der Waals surface area contributed by atoms with Gasteiger partial charge in [0.1, 0.15) is 18.4 Å². The van der Waals surface area contributed by atoms with E-state index >= 15 is 0 Å². The summed E-state index contributed by atoms with van der Waals surface area (Å²) in [4.78, 5) is 70.7. The van der Waals surface area contributed by atoms with Gasteiger partial charge in [-0.25, -0.2) is 0 Å². The molecule has 0 radical (unpaired) electrons. The molecular weight excluding hydrogens is 424 g/mol. The molecule has 0 aliphatic carbocycles. The number of amides is 3. The van der Waals surface area contributed by atoms with E-state index in [-0.39, 0.29) is 18.6 Å². The van der Waals surface area contributed by atoms with Crippen LogP contribution >= 0.6 is 0 Å². The molecule has 0 aliphatic heterocycles. The number of carbonyl (C=O) groups excluding carboxylic acids is 4. The highest BCUT2D eigenvalue weighted by molar-refractivity contribution is 5.94. The van der Waals surface area contributed by atoms with E-state index in [1.54, 1.807) is 27.7 Å². The maximum Gasteiger partial charge on any atom is 0.305 e. The number of aliphatic carboxylic acids is 2. The fourth-order valence-corrected chi connectivity index (χ4v) is 2.66. The van der Waals surface area contributed by atoms with Crippen LogP contribution in [0.2, 0.25) is 0 Å². The van der Waals surface area contributed by atoms with Crippen molar-refractivity contribution in [1.29, 1.82) is 0 Å². The molecule has 7 N–H and O–H groups in total. The van der Waals surface area contributed by atoms with Crippen molar-refractivity contribution >= 4 is 35.9 Å². The zero-order chi connectivity index (χ0) is 25.0. The topological polar surface area (TPSA) is 205 Å². The second-order valence-corrected chi connectivity index (χ2v) is 7.98.